The molecule has 166 valence electrons. The van der Waals surface area contributed by atoms with Crippen molar-refractivity contribution in [3.63, 3.8) is 0 Å². The van der Waals surface area contributed by atoms with Crippen LogP contribution in [0.5, 0.6) is 0 Å². The monoisotopic (exact) mass is 443 g/mol. The summed E-state index contributed by atoms with van der Waals surface area (Å²) in [5.41, 5.74) is 1.50. The van der Waals surface area contributed by atoms with Gasteiger partial charge in [0.05, 0.1) is 18.3 Å². The van der Waals surface area contributed by atoms with Crippen LogP contribution in [0.25, 0.3) is 0 Å². The quantitative estimate of drug-likeness (QED) is 0.714. The number of aromatic nitrogens is 2. The number of halogens is 1. The first-order valence-electron chi connectivity index (χ1n) is 11.2. The van der Waals surface area contributed by atoms with Crippen LogP contribution in [0.15, 0.2) is 36.7 Å². The molecule has 0 unspecified atom stereocenters. The number of hydrogen-bond donors (Lipinski definition) is 1. The number of rotatable bonds is 7. The van der Waals surface area contributed by atoms with Gasteiger partial charge in [0.2, 0.25) is 5.91 Å². The molecule has 7 nitrogen and oxygen atoms in total. The van der Waals surface area contributed by atoms with Crippen molar-refractivity contribution in [2.45, 2.75) is 32.2 Å². The fourth-order valence-corrected chi connectivity index (χ4v) is 4.62. The second-order valence-corrected chi connectivity index (χ2v) is 8.83. The first-order chi connectivity index (χ1) is 15.1. The zero-order valence-corrected chi connectivity index (χ0v) is 18.6. The SMILES string of the molecule is O=C(NCCN1CCN(C(=O)C2CCCC2)CC1)c1cnn(Cc2ccccc2Cl)c1. The van der Waals surface area contributed by atoms with Gasteiger partial charge >= 0.3 is 0 Å². The van der Waals surface area contributed by atoms with Crippen molar-refractivity contribution < 1.29 is 9.59 Å². The van der Waals surface area contributed by atoms with Gasteiger partial charge in [-0.3, -0.25) is 19.2 Å². The van der Waals surface area contributed by atoms with Crippen molar-refractivity contribution in [2.75, 3.05) is 39.3 Å². The topological polar surface area (TPSA) is 70.5 Å². The van der Waals surface area contributed by atoms with Gasteiger partial charge in [-0.15, -0.1) is 0 Å². The maximum atomic E-state index is 12.5. The fourth-order valence-electron chi connectivity index (χ4n) is 4.42. The maximum Gasteiger partial charge on any atom is 0.254 e. The van der Waals surface area contributed by atoms with Crippen molar-refractivity contribution in [1.82, 2.24) is 24.9 Å². The highest BCUT2D eigenvalue weighted by Gasteiger charge is 2.29. The van der Waals surface area contributed by atoms with Gasteiger partial charge in [-0.05, 0) is 24.5 Å². The molecule has 1 aliphatic heterocycles. The summed E-state index contributed by atoms with van der Waals surface area (Å²) in [4.78, 5) is 29.3. The second kappa shape index (κ2) is 10.3. The predicted octanol–water partition coefficient (Wildman–Crippen LogP) is 2.65. The van der Waals surface area contributed by atoms with Gasteiger partial charge in [-0.1, -0.05) is 42.6 Å². The molecule has 1 aliphatic carbocycles. The summed E-state index contributed by atoms with van der Waals surface area (Å²) >= 11 is 6.20. The molecule has 2 amide bonds. The highest BCUT2D eigenvalue weighted by molar-refractivity contribution is 6.31. The summed E-state index contributed by atoms with van der Waals surface area (Å²) in [6.07, 6.45) is 7.82. The van der Waals surface area contributed by atoms with Crippen molar-refractivity contribution >= 4 is 23.4 Å². The van der Waals surface area contributed by atoms with Crippen LogP contribution < -0.4 is 5.32 Å². The average Bonchev–Trinajstić information content (AvgIpc) is 3.48. The van der Waals surface area contributed by atoms with E-state index in [1.807, 2.05) is 29.2 Å². The van der Waals surface area contributed by atoms with E-state index < -0.39 is 0 Å². The van der Waals surface area contributed by atoms with E-state index in [0.717, 1.165) is 51.1 Å². The lowest BCUT2D eigenvalue weighted by atomic mass is 10.1. The molecule has 2 fully saturated rings. The molecular weight excluding hydrogens is 414 g/mol. The van der Waals surface area contributed by atoms with E-state index in [4.69, 9.17) is 11.6 Å². The zero-order valence-electron chi connectivity index (χ0n) is 17.8. The Morgan fingerprint density at radius 2 is 1.84 bits per heavy atom. The number of carbonyl (C=O) groups excluding carboxylic acids is 2. The van der Waals surface area contributed by atoms with Crippen molar-refractivity contribution in [2.24, 2.45) is 5.92 Å². The molecule has 2 aromatic rings. The Labute approximate surface area is 188 Å². The third-order valence-corrected chi connectivity index (χ3v) is 6.66. The van der Waals surface area contributed by atoms with E-state index >= 15 is 0 Å². The van der Waals surface area contributed by atoms with E-state index in [1.54, 1.807) is 17.1 Å². The molecule has 1 N–H and O–H groups in total. The molecule has 0 atom stereocenters. The molecule has 1 saturated heterocycles. The molecule has 1 saturated carbocycles. The standard InChI is InChI=1S/C23H30ClN5O2/c24-21-8-4-3-7-19(21)16-29-17-20(15-26-29)22(30)25-9-10-27-11-13-28(14-12-27)23(31)18-5-1-2-6-18/h3-4,7-8,15,17-18H,1-2,5-6,9-14,16H2,(H,25,30). The summed E-state index contributed by atoms with van der Waals surface area (Å²) in [5, 5.41) is 7.94. The van der Waals surface area contributed by atoms with E-state index in [2.05, 4.69) is 15.3 Å². The van der Waals surface area contributed by atoms with Crippen LogP contribution in [0.2, 0.25) is 5.02 Å². The third-order valence-electron chi connectivity index (χ3n) is 6.29. The number of benzene rings is 1. The molecule has 31 heavy (non-hydrogen) atoms. The summed E-state index contributed by atoms with van der Waals surface area (Å²) in [6.45, 7) is 5.19. The number of piperazine rings is 1. The number of nitrogens with one attached hydrogen (secondary N) is 1. The normalized spacial score (nSPS) is 17.8. The second-order valence-electron chi connectivity index (χ2n) is 8.42. The molecule has 0 spiro atoms. The van der Waals surface area contributed by atoms with Gasteiger partial charge in [0, 0.05) is 56.4 Å². The minimum atomic E-state index is -0.125. The number of amides is 2. The van der Waals surface area contributed by atoms with E-state index in [1.165, 1.54) is 12.8 Å². The predicted molar refractivity (Wildman–Crippen MR) is 120 cm³/mol. The molecule has 1 aromatic carbocycles. The van der Waals surface area contributed by atoms with Gasteiger partial charge in [-0.2, -0.15) is 5.10 Å². The van der Waals surface area contributed by atoms with E-state index in [-0.39, 0.29) is 11.8 Å². The molecule has 0 bridgehead atoms. The van der Waals surface area contributed by atoms with Gasteiger partial charge < -0.3 is 10.2 Å². The lowest BCUT2D eigenvalue weighted by molar-refractivity contribution is -0.137. The Balaban J connectivity index is 1.18. The van der Waals surface area contributed by atoms with Gasteiger partial charge in [0.25, 0.3) is 5.91 Å². The van der Waals surface area contributed by atoms with Crippen LogP contribution in [0.1, 0.15) is 41.6 Å². The Hall–Kier alpha value is -2.38. The minimum absolute atomic E-state index is 0.125. The molecule has 0 radical (unpaired) electrons. The molecule has 2 aliphatic rings. The molecular formula is C23H30ClN5O2. The van der Waals surface area contributed by atoms with Gasteiger partial charge in [0.1, 0.15) is 0 Å². The molecule has 1 aromatic heterocycles. The average molecular weight is 444 g/mol. The Morgan fingerprint density at radius 3 is 2.58 bits per heavy atom. The summed E-state index contributed by atoms with van der Waals surface area (Å²) < 4.78 is 1.72. The van der Waals surface area contributed by atoms with Crippen molar-refractivity contribution in [1.29, 1.82) is 0 Å². The number of nitrogens with zero attached hydrogens (tertiary/aromatic N) is 4. The van der Waals surface area contributed by atoms with Gasteiger partial charge in [0.15, 0.2) is 0 Å². The highest BCUT2D eigenvalue weighted by Crippen LogP contribution is 2.26. The van der Waals surface area contributed by atoms with Crippen LogP contribution in [-0.4, -0.2) is 70.7 Å². The van der Waals surface area contributed by atoms with Crippen LogP contribution in [0.4, 0.5) is 0 Å². The zero-order chi connectivity index (χ0) is 21.6. The lowest BCUT2D eigenvalue weighted by Gasteiger charge is -2.36. The Kier molecular flexibility index (Phi) is 7.25. The highest BCUT2D eigenvalue weighted by atomic mass is 35.5. The maximum absolute atomic E-state index is 12.5. The van der Waals surface area contributed by atoms with Crippen molar-refractivity contribution in [3.8, 4) is 0 Å². The molecule has 8 heteroatoms. The summed E-state index contributed by atoms with van der Waals surface area (Å²) in [7, 11) is 0. The Morgan fingerprint density at radius 1 is 1.10 bits per heavy atom. The van der Waals surface area contributed by atoms with Crippen LogP contribution >= 0.6 is 11.6 Å². The largest absolute Gasteiger partial charge is 0.351 e. The van der Waals surface area contributed by atoms with Crippen LogP contribution in [0, 0.1) is 5.92 Å². The van der Waals surface area contributed by atoms with Gasteiger partial charge in [-0.25, -0.2) is 0 Å². The van der Waals surface area contributed by atoms with E-state index in [9.17, 15) is 9.59 Å². The number of carbonyl (C=O) groups is 2. The molecule has 4 rings (SSSR count). The third kappa shape index (κ3) is 5.66. The summed E-state index contributed by atoms with van der Waals surface area (Å²) in [6, 6.07) is 7.62. The lowest BCUT2D eigenvalue weighted by Crippen LogP contribution is -2.51. The molecule has 2 heterocycles. The smallest absolute Gasteiger partial charge is 0.254 e. The van der Waals surface area contributed by atoms with Crippen LogP contribution in [0.3, 0.4) is 0 Å². The first kappa shape index (κ1) is 21.8. The first-order valence-corrected chi connectivity index (χ1v) is 11.5. The summed E-state index contributed by atoms with van der Waals surface area (Å²) in [5.74, 6) is 0.476. The fraction of sp³-hybridized carbons (Fsp3) is 0.522. The van der Waals surface area contributed by atoms with Crippen LogP contribution in [-0.2, 0) is 11.3 Å². The minimum Gasteiger partial charge on any atom is -0.351 e. The van der Waals surface area contributed by atoms with E-state index in [0.29, 0.717) is 29.6 Å². The van der Waals surface area contributed by atoms with Crippen molar-refractivity contribution in [3.05, 3.63) is 52.8 Å². The Bertz CT molecular complexity index is 901. The number of hydrogen-bond acceptors (Lipinski definition) is 4.